The number of aromatic nitrogens is 2. The van der Waals surface area contributed by atoms with E-state index in [1.54, 1.807) is 24.3 Å². The van der Waals surface area contributed by atoms with Gasteiger partial charge in [0, 0.05) is 32.6 Å². The molecule has 0 saturated heterocycles. The summed E-state index contributed by atoms with van der Waals surface area (Å²) < 4.78 is 15.8. The minimum atomic E-state index is -0.361. The highest BCUT2D eigenvalue weighted by molar-refractivity contribution is 6.35. The van der Waals surface area contributed by atoms with E-state index in [9.17, 15) is 4.79 Å². The summed E-state index contributed by atoms with van der Waals surface area (Å²) in [5.41, 5.74) is 4.60. The monoisotopic (exact) mass is 670 g/mol. The van der Waals surface area contributed by atoms with Gasteiger partial charge in [-0.25, -0.2) is 9.13 Å². The molecule has 0 aliphatic carbocycles. The second kappa shape index (κ2) is 14.0. The van der Waals surface area contributed by atoms with Crippen LogP contribution in [0.3, 0.4) is 0 Å². The molecule has 10 heteroatoms. The van der Waals surface area contributed by atoms with E-state index in [2.05, 4.69) is 4.57 Å². The van der Waals surface area contributed by atoms with Crippen molar-refractivity contribution in [1.29, 1.82) is 0 Å². The van der Waals surface area contributed by atoms with E-state index in [-0.39, 0.29) is 35.7 Å². The molecule has 0 aliphatic heterocycles. The fourth-order valence-electron chi connectivity index (χ4n) is 4.31. The third-order valence-electron chi connectivity index (χ3n) is 6.02. The van der Waals surface area contributed by atoms with Gasteiger partial charge in [0.15, 0.2) is 0 Å². The third kappa shape index (κ3) is 8.46. The lowest BCUT2D eigenvalue weighted by molar-refractivity contribution is -0.687. The summed E-state index contributed by atoms with van der Waals surface area (Å²) >= 11 is 25.1. The zero-order chi connectivity index (χ0) is 27.4. The number of hydrogen-bond acceptors (Lipinski definition) is 3. The van der Waals surface area contributed by atoms with Crippen LogP contribution in [0.15, 0.2) is 67.3 Å². The molecule has 0 saturated carbocycles. The molecule has 0 bridgehead atoms. The maximum atomic E-state index is 11.4. The van der Waals surface area contributed by atoms with Gasteiger partial charge in [-0.1, -0.05) is 58.5 Å². The minimum Gasteiger partial charge on any atom is -1.00 e. The molecule has 39 heavy (non-hydrogen) atoms. The van der Waals surface area contributed by atoms with Gasteiger partial charge in [-0.3, -0.25) is 4.79 Å². The molecule has 0 fully saturated rings. The Bertz CT molecular complexity index is 1450. The number of nitrogens with zero attached hydrogens (tertiary/aromatic N) is 2. The first kappa shape index (κ1) is 31.5. The van der Waals surface area contributed by atoms with Crippen LogP contribution in [0.2, 0.25) is 20.1 Å². The third-order valence-corrected chi connectivity index (χ3v) is 7.17. The molecule has 1 unspecified atom stereocenters. The van der Waals surface area contributed by atoms with Crippen molar-refractivity contribution in [2.24, 2.45) is 0 Å². The van der Waals surface area contributed by atoms with Crippen LogP contribution in [0, 0.1) is 13.8 Å². The summed E-state index contributed by atoms with van der Waals surface area (Å²) in [6.07, 6.45) is 5.64. The highest BCUT2D eigenvalue weighted by Crippen LogP contribution is 2.32. The standard InChI is InChI=1S/C29H27Cl4N2O3.BrH/c1-18-10-21(11-19(2)29(18)38-20(3)36)14-34-8-9-35(17-34)15-28(25-7-6-24(31)13-27(25)33)37-16-22-4-5-23(30)12-26(22)32;/h4-13,17,28H,14-16H2,1-3H3;1H/q+1;/p-1. The summed E-state index contributed by atoms with van der Waals surface area (Å²) in [5.74, 6) is 0.288. The summed E-state index contributed by atoms with van der Waals surface area (Å²) in [5, 5.41) is 2.20. The normalized spacial score (nSPS) is 11.7. The van der Waals surface area contributed by atoms with Crippen LogP contribution in [-0.2, 0) is 29.2 Å². The molecule has 206 valence electrons. The van der Waals surface area contributed by atoms with E-state index in [4.69, 9.17) is 55.9 Å². The lowest BCUT2D eigenvalue weighted by atomic mass is 10.1. The van der Waals surface area contributed by atoms with E-state index >= 15 is 0 Å². The number of esters is 1. The average molecular weight is 673 g/mol. The van der Waals surface area contributed by atoms with Crippen molar-refractivity contribution in [3.63, 3.8) is 0 Å². The zero-order valence-corrected chi connectivity index (χ0v) is 26.2. The molecule has 0 radical (unpaired) electrons. The van der Waals surface area contributed by atoms with Gasteiger partial charge in [0.2, 0.25) is 6.33 Å². The number of ether oxygens (including phenoxy) is 2. The fourth-order valence-corrected chi connectivity index (χ4v) is 5.30. The number of imidazole rings is 1. The van der Waals surface area contributed by atoms with Gasteiger partial charge >= 0.3 is 5.97 Å². The van der Waals surface area contributed by atoms with E-state index < -0.39 is 0 Å². The van der Waals surface area contributed by atoms with Gasteiger partial charge < -0.3 is 26.5 Å². The van der Waals surface area contributed by atoms with Crippen LogP contribution in [0.25, 0.3) is 0 Å². The second-order valence-corrected chi connectivity index (χ2v) is 10.8. The van der Waals surface area contributed by atoms with Crippen LogP contribution in [0.5, 0.6) is 5.75 Å². The lowest BCUT2D eigenvalue weighted by Crippen LogP contribution is -3.00. The lowest BCUT2D eigenvalue weighted by Gasteiger charge is -2.19. The quantitative estimate of drug-likeness (QED) is 0.144. The minimum absolute atomic E-state index is 0. The largest absolute Gasteiger partial charge is 1.00 e. The molecular formula is C29H27BrCl4N2O3. The molecule has 0 aliphatic rings. The van der Waals surface area contributed by atoms with Gasteiger partial charge in [-0.15, -0.1) is 0 Å². The van der Waals surface area contributed by atoms with Gasteiger partial charge in [0.1, 0.15) is 37.3 Å². The van der Waals surface area contributed by atoms with Crippen LogP contribution in [0.1, 0.15) is 40.8 Å². The summed E-state index contributed by atoms with van der Waals surface area (Å²) in [6, 6.07) is 14.8. The first-order valence-corrected chi connectivity index (χ1v) is 13.4. The second-order valence-electron chi connectivity index (χ2n) is 9.14. The van der Waals surface area contributed by atoms with Crippen molar-refractivity contribution in [1.82, 2.24) is 4.57 Å². The first-order chi connectivity index (χ1) is 18.1. The van der Waals surface area contributed by atoms with E-state index in [0.717, 1.165) is 27.8 Å². The van der Waals surface area contributed by atoms with E-state index in [1.165, 1.54) is 6.92 Å². The number of rotatable bonds is 9. The molecule has 0 amide bonds. The fraction of sp³-hybridized carbons (Fsp3) is 0.241. The Morgan fingerprint density at radius 3 is 2.21 bits per heavy atom. The molecule has 4 aromatic rings. The molecule has 0 spiro atoms. The van der Waals surface area contributed by atoms with Crippen molar-refractivity contribution >= 4 is 52.4 Å². The molecule has 3 aromatic carbocycles. The Morgan fingerprint density at radius 1 is 0.949 bits per heavy atom. The number of carbonyl (C=O) groups is 1. The molecule has 5 nitrogen and oxygen atoms in total. The topological polar surface area (TPSA) is 44.3 Å². The van der Waals surface area contributed by atoms with Gasteiger partial charge in [-0.05, 0) is 72.5 Å². The van der Waals surface area contributed by atoms with Crippen molar-refractivity contribution in [3.8, 4) is 5.75 Å². The van der Waals surface area contributed by atoms with E-state index in [0.29, 0.717) is 38.9 Å². The molecular weight excluding hydrogens is 646 g/mol. The van der Waals surface area contributed by atoms with Crippen LogP contribution in [-0.4, -0.2) is 10.5 Å². The Hall–Kier alpha value is -2.06. The Labute approximate surface area is 258 Å². The van der Waals surface area contributed by atoms with Crippen LogP contribution >= 0.6 is 46.4 Å². The van der Waals surface area contributed by atoms with Crippen molar-refractivity contribution in [3.05, 3.63) is 115 Å². The predicted molar refractivity (Wildman–Crippen MR) is 151 cm³/mol. The van der Waals surface area contributed by atoms with Crippen molar-refractivity contribution in [2.75, 3.05) is 0 Å². The molecule has 0 N–H and O–H groups in total. The highest BCUT2D eigenvalue weighted by atomic mass is 79.9. The smallest absolute Gasteiger partial charge is 0.308 e. The van der Waals surface area contributed by atoms with Crippen LogP contribution < -0.4 is 26.3 Å². The number of halogens is 5. The van der Waals surface area contributed by atoms with E-state index in [1.807, 2.05) is 61.4 Å². The number of aryl methyl sites for hydroxylation is 2. The SMILES string of the molecule is CC(=O)Oc1c(C)cc(C[n+]2ccn(CC(OCc3ccc(Cl)cc3Cl)c3ccc(Cl)cc3Cl)c2)cc1C.[Br-]. The van der Waals surface area contributed by atoms with Crippen molar-refractivity contribution in [2.45, 2.75) is 46.6 Å². The Balaban J connectivity index is 0.00000420. The molecule has 4 rings (SSSR count). The maximum Gasteiger partial charge on any atom is 0.308 e. The number of carbonyl (C=O) groups excluding carboxylic acids is 1. The van der Waals surface area contributed by atoms with Gasteiger partial charge in [-0.2, -0.15) is 0 Å². The average Bonchev–Trinajstić information content (AvgIpc) is 3.27. The zero-order valence-electron chi connectivity index (χ0n) is 21.6. The maximum absolute atomic E-state index is 11.4. The summed E-state index contributed by atoms with van der Waals surface area (Å²) in [4.78, 5) is 11.4. The highest BCUT2D eigenvalue weighted by Gasteiger charge is 2.21. The summed E-state index contributed by atoms with van der Waals surface area (Å²) in [6.45, 7) is 6.74. The van der Waals surface area contributed by atoms with Crippen LogP contribution in [0.4, 0.5) is 0 Å². The van der Waals surface area contributed by atoms with Crippen molar-refractivity contribution < 1.29 is 35.8 Å². The summed E-state index contributed by atoms with van der Waals surface area (Å²) in [7, 11) is 0. The number of hydrogen-bond donors (Lipinski definition) is 0. The number of benzene rings is 3. The first-order valence-electron chi connectivity index (χ1n) is 11.9. The molecule has 1 atom stereocenters. The predicted octanol–water partition coefficient (Wildman–Crippen LogP) is 4.94. The van der Waals surface area contributed by atoms with Gasteiger partial charge in [0.05, 0.1) is 6.61 Å². The Morgan fingerprint density at radius 2 is 1.59 bits per heavy atom. The Kier molecular flexibility index (Phi) is 11.3. The molecule has 1 aromatic heterocycles. The molecule has 1 heterocycles. The van der Waals surface area contributed by atoms with Gasteiger partial charge in [0.25, 0.3) is 0 Å².